The number of benzene rings is 1. The number of carbonyl (C=O) groups is 2. The van der Waals surface area contributed by atoms with Crippen LogP contribution in [-0.4, -0.2) is 69.0 Å². The van der Waals surface area contributed by atoms with E-state index in [1.54, 1.807) is 28.5 Å². The molecular formula is C35H33ClF3N9O4. The van der Waals surface area contributed by atoms with Gasteiger partial charge in [-0.3, -0.25) is 19.4 Å². The van der Waals surface area contributed by atoms with Crippen molar-refractivity contribution in [2.24, 2.45) is 0 Å². The van der Waals surface area contributed by atoms with E-state index in [0.717, 1.165) is 29.6 Å². The van der Waals surface area contributed by atoms with Crippen LogP contribution in [-0.2, 0) is 22.9 Å². The first-order chi connectivity index (χ1) is 24.6. The number of piperidine rings is 1. The molecule has 0 radical (unpaired) electrons. The fourth-order valence-electron chi connectivity index (χ4n) is 7.60. The van der Waals surface area contributed by atoms with Gasteiger partial charge in [0.1, 0.15) is 12.9 Å². The summed E-state index contributed by atoms with van der Waals surface area (Å²) in [5.74, 6) is -1.20. The van der Waals surface area contributed by atoms with Crippen molar-refractivity contribution in [2.45, 2.75) is 71.0 Å². The number of hydrogen-bond donors (Lipinski definition) is 2. The monoisotopic (exact) mass is 735 g/mol. The summed E-state index contributed by atoms with van der Waals surface area (Å²) in [5, 5.41) is 17.4. The predicted molar refractivity (Wildman–Crippen MR) is 183 cm³/mol. The van der Waals surface area contributed by atoms with Crippen LogP contribution in [0.15, 0.2) is 41.5 Å². The molecule has 2 N–H and O–H groups in total. The first-order valence-corrected chi connectivity index (χ1v) is 16.9. The summed E-state index contributed by atoms with van der Waals surface area (Å²) >= 11 is 6.16. The van der Waals surface area contributed by atoms with Crippen LogP contribution in [0.3, 0.4) is 0 Å². The van der Waals surface area contributed by atoms with Gasteiger partial charge in [-0.05, 0) is 76.3 Å². The second-order valence-electron chi connectivity index (χ2n) is 13.5. The average molecular weight is 736 g/mol. The van der Waals surface area contributed by atoms with Gasteiger partial charge in [-0.15, -0.1) is 5.10 Å². The van der Waals surface area contributed by atoms with Crippen LogP contribution in [0, 0.1) is 20.8 Å². The number of pyridine rings is 1. The lowest BCUT2D eigenvalue weighted by Gasteiger charge is -2.39. The van der Waals surface area contributed by atoms with E-state index >= 15 is 0 Å². The molecule has 270 valence electrons. The lowest BCUT2D eigenvalue weighted by molar-refractivity contribution is -0.137. The number of amides is 2. The Morgan fingerprint density at radius 2 is 1.75 bits per heavy atom. The fraction of sp³-hybridized carbons (Fsp3) is 0.371. The van der Waals surface area contributed by atoms with Crippen molar-refractivity contribution in [2.75, 3.05) is 18.4 Å². The molecule has 1 aliphatic carbocycles. The molecule has 1 atom stereocenters. The highest BCUT2D eigenvalue weighted by Crippen LogP contribution is 2.50. The third kappa shape index (κ3) is 6.03. The average Bonchev–Trinajstić information content (AvgIpc) is 3.65. The molecule has 2 aliphatic rings. The van der Waals surface area contributed by atoms with Gasteiger partial charge in [-0.25, -0.2) is 9.97 Å². The van der Waals surface area contributed by atoms with E-state index < -0.39 is 29.0 Å². The number of aromatic hydroxyl groups is 1. The SMILES string of the molecule is Cc1cc(-c2nc3n(CC(=O)Nc4ccc(C(F)(F)F)cc4Cl)c4c(c(=O)n3n2)C2(CCN(C(=O)c3ncnc(C)c3O)CC2)CC4C)cc(C)n1. The van der Waals surface area contributed by atoms with Gasteiger partial charge in [-0.2, -0.15) is 22.7 Å². The number of hydrogen-bond acceptors (Lipinski definition) is 9. The molecule has 4 aromatic heterocycles. The topological polar surface area (TPSA) is 160 Å². The van der Waals surface area contributed by atoms with Crippen LogP contribution in [0.25, 0.3) is 17.2 Å². The Bertz CT molecular complexity index is 2330. The third-order valence-electron chi connectivity index (χ3n) is 9.91. The molecule has 1 aromatic carbocycles. The van der Waals surface area contributed by atoms with E-state index in [4.69, 9.17) is 16.6 Å². The van der Waals surface area contributed by atoms with Crippen molar-refractivity contribution in [1.82, 2.24) is 39.0 Å². The van der Waals surface area contributed by atoms with Crippen molar-refractivity contribution in [3.8, 4) is 17.1 Å². The number of alkyl halides is 3. The van der Waals surface area contributed by atoms with Crippen molar-refractivity contribution < 1.29 is 27.9 Å². The molecule has 1 saturated heterocycles. The smallest absolute Gasteiger partial charge is 0.416 e. The van der Waals surface area contributed by atoms with Gasteiger partial charge in [0.25, 0.3) is 11.5 Å². The lowest BCUT2D eigenvalue weighted by Crippen LogP contribution is -2.46. The van der Waals surface area contributed by atoms with Gasteiger partial charge in [-0.1, -0.05) is 18.5 Å². The van der Waals surface area contributed by atoms with Crippen LogP contribution in [0.1, 0.15) is 76.5 Å². The Hall–Kier alpha value is -5.38. The summed E-state index contributed by atoms with van der Waals surface area (Å²) in [6.45, 7) is 7.38. The van der Waals surface area contributed by atoms with Crippen molar-refractivity contribution >= 4 is 34.9 Å². The van der Waals surface area contributed by atoms with E-state index in [1.807, 2.05) is 20.8 Å². The molecular weight excluding hydrogens is 703 g/mol. The number of carbonyl (C=O) groups excluding carboxylic acids is 2. The molecule has 17 heteroatoms. The zero-order valence-corrected chi connectivity index (χ0v) is 29.3. The van der Waals surface area contributed by atoms with Crippen LogP contribution >= 0.6 is 11.6 Å². The minimum Gasteiger partial charge on any atom is -0.504 e. The molecule has 2 amide bonds. The summed E-state index contributed by atoms with van der Waals surface area (Å²) in [5.41, 5.74) is 1.29. The van der Waals surface area contributed by atoms with Gasteiger partial charge in [0.05, 0.1) is 22.0 Å². The standard InChI is InChI=1S/C35H33ClF3N9O4/c1-17-14-34(7-9-46(10-8-34)32(52)27-29(50)20(4)40-16-41-27)26-28(17)47(15-25(49)43-24-6-5-22(13-23(24)36)35(37,38)39)33-44-30(45-48(33)31(26)51)21-11-18(2)42-19(3)12-21/h5-6,11-13,16-17,50H,7-10,14-15H2,1-4H3,(H,43,49). The molecule has 52 heavy (non-hydrogen) atoms. The normalized spacial score (nSPS) is 16.8. The number of nitrogens with zero attached hydrogens (tertiary/aromatic N) is 8. The minimum absolute atomic E-state index is 0.00950. The number of aromatic nitrogens is 7. The molecule has 1 spiro atoms. The number of aryl methyl sites for hydroxylation is 3. The maximum absolute atomic E-state index is 14.5. The van der Waals surface area contributed by atoms with Gasteiger partial charge < -0.3 is 19.9 Å². The summed E-state index contributed by atoms with van der Waals surface area (Å²) in [4.78, 5) is 60.3. The highest BCUT2D eigenvalue weighted by molar-refractivity contribution is 6.33. The number of fused-ring (bicyclic) bond motifs is 3. The molecule has 5 heterocycles. The van der Waals surface area contributed by atoms with Crippen LogP contribution in [0.2, 0.25) is 5.02 Å². The van der Waals surface area contributed by atoms with Gasteiger partial charge in [0.2, 0.25) is 11.7 Å². The second kappa shape index (κ2) is 12.7. The first-order valence-electron chi connectivity index (χ1n) is 16.5. The second-order valence-corrected chi connectivity index (χ2v) is 13.9. The van der Waals surface area contributed by atoms with Crippen molar-refractivity contribution in [3.05, 3.63) is 91.6 Å². The minimum atomic E-state index is -4.61. The zero-order chi connectivity index (χ0) is 37.3. The number of nitrogens with one attached hydrogen (secondary N) is 1. The van der Waals surface area contributed by atoms with Gasteiger partial charge >= 0.3 is 6.18 Å². The quantitative estimate of drug-likeness (QED) is 0.242. The third-order valence-corrected chi connectivity index (χ3v) is 10.2. The van der Waals surface area contributed by atoms with E-state index in [1.165, 1.54) is 10.8 Å². The molecule has 1 fully saturated rings. The Kier molecular flexibility index (Phi) is 8.55. The Morgan fingerprint density at radius 3 is 2.40 bits per heavy atom. The number of rotatable bonds is 5. The first kappa shape index (κ1) is 35.0. The van der Waals surface area contributed by atoms with Gasteiger partial charge in [0.15, 0.2) is 17.3 Å². The summed E-state index contributed by atoms with van der Waals surface area (Å²) in [7, 11) is 0. The highest BCUT2D eigenvalue weighted by atomic mass is 35.5. The van der Waals surface area contributed by atoms with Crippen LogP contribution < -0.4 is 10.9 Å². The summed E-state index contributed by atoms with van der Waals surface area (Å²) in [6, 6.07) is 6.24. The number of anilines is 1. The zero-order valence-electron chi connectivity index (χ0n) is 28.5. The Labute approximate surface area is 299 Å². The van der Waals surface area contributed by atoms with Gasteiger partial charge in [0, 0.05) is 46.7 Å². The Morgan fingerprint density at radius 1 is 1.06 bits per heavy atom. The van der Waals surface area contributed by atoms with Crippen LogP contribution in [0.5, 0.6) is 5.75 Å². The maximum Gasteiger partial charge on any atom is 0.416 e. The molecule has 1 aliphatic heterocycles. The summed E-state index contributed by atoms with van der Waals surface area (Å²) < 4.78 is 42.6. The van der Waals surface area contributed by atoms with Crippen molar-refractivity contribution in [3.63, 3.8) is 0 Å². The van der Waals surface area contributed by atoms with E-state index in [2.05, 4.69) is 25.4 Å². The molecule has 5 aromatic rings. The maximum atomic E-state index is 14.5. The largest absolute Gasteiger partial charge is 0.504 e. The molecule has 1 unspecified atom stereocenters. The number of likely N-dealkylation sites (tertiary alicyclic amines) is 1. The Balaban J connectivity index is 1.29. The van der Waals surface area contributed by atoms with E-state index in [-0.39, 0.29) is 70.6 Å². The predicted octanol–water partition coefficient (Wildman–Crippen LogP) is 5.37. The lowest BCUT2D eigenvalue weighted by atomic mass is 9.73. The molecule has 7 rings (SSSR count). The molecule has 13 nitrogen and oxygen atoms in total. The molecule has 0 bridgehead atoms. The number of halogens is 4. The molecule has 0 saturated carbocycles. The van der Waals surface area contributed by atoms with Crippen LogP contribution in [0.4, 0.5) is 18.9 Å². The highest BCUT2D eigenvalue weighted by Gasteiger charge is 2.49. The van der Waals surface area contributed by atoms with E-state index in [9.17, 15) is 32.7 Å². The summed E-state index contributed by atoms with van der Waals surface area (Å²) in [6.07, 6.45) is -2.01. The van der Waals surface area contributed by atoms with E-state index in [0.29, 0.717) is 36.1 Å². The van der Waals surface area contributed by atoms with Crippen molar-refractivity contribution in [1.29, 1.82) is 0 Å². The fourth-order valence-corrected chi connectivity index (χ4v) is 7.83.